The molecule has 0 spiro atoms. The zero-order chi connectivity index (χ0) is 20.8. The van der Waals surface area contributed by atoms with Crippen LogP contribution in [0.1, 0.15) is 22.7 Å². The number of nitrogens with two attached hydrogens (primary N) is 1. The average Bonchev–Trinajstić information content (AvgIpc) is 3.33. The van der Waals surface area contributed by atoms with Gasteiger partial charge in [-0.1, -0.05) is 29.4 Å². The maximum absolute atomic E-state index is 14.2. The van der Waals surface area contributed by atoms with Gasteiger partial charge in [-0.25, -0.2) is 14.4 Å². The largest absolute Gasteiger partial charge is 0.505 e. The molecule has 4 aromatic rings. The second-order valence-electron chi connectivity index (χ2n) is 7.49. The second-order valence-corrected chi connectivity index (χ2v) is 7.49. The van der Waals surface area contributed by atoms with Crippen LogP contribution < -0.4 is 5.73 Å². The number of aromatic nitrogens is 3. The van der Waals surface area contributed by atoms with E-state index in [0.29, 0.717) is 28.0 Å². The van der Waals surface area contributed by atoms with E-state index >= 15 is 0 Å². The molecule has 2 aromatic carbocycles. The first kappa shape index (κ1) is 18.2. The summed E-state index contributed by atoms with van der Waals surface area (Å²) >= 11 is 0. The zero-order valence-corrected chi connectivity index (χ0v) is 15.9. The van der Waals surface area contributed by atoms with Gasteiger partial charge in [-0.3, -0.25) is 0 Å². The van der Waals surface area contributed by atoms with Crippen molar-refractivity contribution in [3.8, 4) is 16.9 Å². The Morgan fingerprint density at radius 2 is 1.93 bits per heavy atom. The molecule has 0 saturated carbocycles. The molecule has 0 bridgehead atoms. The van der Waals surface area contributed by atoms with Gasteiger partial charge in [0.1, 0.15) is 24.3 Å². The monoisotopic (exact) mass is 403 g/mol. The van der Waals surface area contributed by atoms with E-state index in [1.165, 1.54) is 29.6 Å². The Hall–Kier alpha value is -3.81. The van der Waals surface area contributed by atoms with Crippen molar-refractivity contribution in [1.29, 1.82) is 0 Å². The van der Waals surface area contributed by atoms with Crippen LogP contribution in [0.15, 0.2) is 54.1 Å². The number of fused-ring (bicyclic) bond motifs is 2. The number of nitrogens with zero attached hydrogens (tertiary/aromatic N) is 4. The Labute approximate surface area is 171 Å². The molecule has 8 heteroatoms. The fourth-order valence-electron chi connectivity index (χ4n) is 4.35. The smallest absolute Gasteiger partial charge is 0.170 e. The summed E-state index contributed by atoms with van der Waals surface area (Å²) in [7, 11) is 0. The van der Waals surface area contributed by atoms with Crippen molar-refractivity contribution < 1.29 is 9.50 Å². The van der Waals surface area contributed by atoms with Gasteiger partial charge in [-0.15, -0.1) is 0 Å². The van der Waals surface area contributed by atoms with Crippen molar-refractivity contribution in [3.63, 3.8) is 0 Å². The van der Waals surface area contributed by atoms with Crippen molar-refractivity contribution in [2.45, 2.75) is 25.4 Å². The zero-order valence-electron chi connectivity index (χ0n) is 15.9. The van der Waals surface area contributed by atoms with Gasteiger partial charge in [-0.05, 0) is 41.7 Å². The average molecular weight is 403 g/mol. The highest BCUT2D eigenvalue weighted by Gasteiger charge is 2.26. The molecule has 0 unspecified atom stereocenters. The summed E-state index contributed by atoms with van der Waals surface area (Å²) in [6.45, 7) is -0.379. The number of phenolic OH excluding ortho intramolecular Hbond substituents is 1. The molecule has 150 valence electrons. The molecule has 2 aromatic heterocycles. The normalized spacial score (nSPS) is 13.6. The number of benzene rings is 2. The first-order chi connectivity index (χ1) is 14.6. The molecule has 0 atom stereocenters. The lowest BCUT2D eigenvalue weighted by Crippen LogP contribution is -2.08. The summed E-state index contributed by atoms with van der Waals surface area (Å²) in [5, 5.41) is 13.4. The predicted octanol–water partition coefficient (Wildman–Crippen LogP) is 4.13. The highest BCUT2D eigenvalue weighted by atomic mass is 19.1. The van der Waals surface area contributed by atoms with Gasteiger partial charge in [-0.2, -0.15) is 4.91 Å². The van der Waals surface area contributed by atoms with Gasteiger partial charge in [0.05, 0.1) is 5.39 Å². The Bertz CT molecular complexity index is 1280. The third-order valence-corrected chi connectivity index (χ3v) is 5.74. The summed E-state index contributed by atoms with van der Waals surface area (Å²) < 4.78 is 16.2. The fourth-order valence-corrected chi connectivity index (χ4v) is 4.35. The van der Waals surface area contributed by atoms with Crippen LogP contribution in [0.5, 0.6) is 5.75 Å². The van der Waals surface area contributed by atoms with Crippen molar-refractivity contribution in [2.75, 3.05) is 5.73 Å². The minimum atomic E-state index is -0.849. The molecule has 0 aliphatic heterocycles. The molecular formula is C22H18FN5O2. The van der Waals surface area contributed by atoms with Crippen LogP contribution in [0, 0.1) is 10.7 Å². The maximum Gasteiger partial charge on any atom is 0.170 e. The van der Waals surface area contributed by atoms with Crippen molar-refractivity contribution >= 4 is 16.9 Å². The Kier molecular flexibility index (Phi) is 4.20. The number of hydrogen-bond donors (Lipinski definition) is 2. The Morgan fingerprint density at radius 1 is 1.20 bits per heavy atom. The van der Waals surface area contributed by atoms with E-state index in [2.05, 4.69) is 31.8 Å². The molecule has 3 N–H and O–H groups in total. The summed E-state index contributed by atoms with van der Waals surface area (Å²) in [5.41, 5.74) is 10.7. The topological polar surface area (TPSA) is 106 Å². The van der Waals surface area contributed by atoms with Gasteiger partial charge in [0.25, 0.3) is 0 Å². The molecule has 0 saturated heterocycles. The SMILES string of the molecule is Nc1ncnc2c1c(-c1cc(O)c(F)c(CN=O)c1)cn2C1Cc2ccccc2C1. The van der Waals surface area contributed by atoms with Gasteiger partial charge in [0, 0.05) is 23.4 Å². The second kappa shape index (κ2) is 6.91. The van der Waals surface area contributed by atoms with E-state index in [-0.39, 0.29) is 18.2 Å². The molecule has 1 aliphatic carbocycles. The standard InChI is InChI=1S/C22H18FN5O2/c23-20-15(9-27-30)5-14(8-18(20)29)17-10-28(22-19(17)21(24)25-11-26-22)16-6-12-3-1-2-4-13(12)7-16/h1-5,8,10-11,16,29H,6-7,9H2,(H2,24,25,26). The summed E-state index contributed by atoms with van der Waals surface area (Å²) in [4.78, 5) is 19.3. The van der Waals surface area contributed by atoms with Crippen molar-refractivity contribution in [1.82, 2.24) is 14.5 Å². The minimum absolute atomic E-state index is 0.0181. The number of rotatable bonds is 4. The highest BCUT2D eigenvalue weighted by molar-refractivity contribution is 6.01. The first-order valence-corrected chi connectivity index (χ1v) is 9.55. The Morgan fingerprint density at radius 3 is 2.63 bits per heavy atom. The number of hydrogen-bond acceptors (Lipinski definition) is 6. The number of aromatic hydroxyl groups is 1. The van der Waals surface area contributed by atoms with E-state index in [4.69, 9.17) is 5.73 Å². The van der Waals surface area contributed by atoms with Gasteiger partial charge >= 0.3 is 0 Å². The number of phenols is 1. The van der Waals surface area contributed by atoms with Gasteiger partial charge < -0.3 is 15.4 Å². The van der Waals surface area contributed by atoms with E-state index < -0.39 is 11.6 Å². The van der Waals surface area contributed by atoms with Crippen LogP contribution >= 0.6 is 0 Å². The van der Waals surface area contributed by atoms with Crippen LogP contribution in [-0.2, 0) is 19.4 Å². The molecule has 5 rings (SSSR count). The maximum atomic E-state index is 14.2. The lowest BCUT2D eigenvalue weighted by atomic mass is 10.0. The van der Waals surface area contributed by atoms with Gasteiger partial charge in [0.2, 0.25) is 0 Å². The van der Waals surface area contributed by atoms with Crippen LogP contribution in [-0.4, -0.2) is 19.6 Å². The summed E-state index contributed by atoms with van der Waals surface area (Å²) in [6, 6.07) is 11.3. The van der Waals surface area contributed by atoms with Crippen LogP contribution in [0.25, 0.3) is 22.2 Å². The fraction of sp³-hybridized carbons (Fsp3) is 0.182. The summed E-state index contributed by atoms with van der Waals surface area (Å²) in [5.74, 6) is -1.10. The predicted molar refractivity (Wildman–Crippen MR) is 111 cm³/mol. The molecule has 7 nitrogen and oxygen atoms in total. The van der Waals surface area contributed by atoms with Gasteiger partial charge in [0.15, 0.2) is 11.6 Å². The molecule has 0 radical (unpaired) electrons. The molecule has 0 amide bonds. The van der Waals surface area contributed by atoms with E-state index in [9.17, 15) is 14.4 Å². The molecular weight excluding hydrogens is 385 g/mol. The van der Waals surface area contributed by atoms with E-state index in [0.717, 1.165) is 12.8 Å². The molecule has 1 aliphatic rings. The van der Waals surface area contributed by atoms with Crippen LogP contribution in [0.2, 0.25) is 0 Å². The number of nitroso groups, excluding NO2 is 1. The lowest BCUT2D eigenvalue weighted by molar-refractivity contribution is 0.429. The Balaban J connectivity index is 1.69. The number of nitrogen functional groups attached to an aromatic ring is 1. The molecule has 0 fully saturated rings. The minimum Gasteiger partial charge on any atom is -0.505 e. The van der Waals surface area contributed by atoms with Crippen molar-refractivity contribution in [2.24, 2.45) is 5.18 Å². The van der Waals surface area contributed by atoms with Crippen LogP contribution in [0.4, 0.5) is 10.2 Å². The van der Waals surface area contributed by atoms with E-state index in [1.54, 1.807) is 0 Å². The first-order valence-electron chi connectivity index (χ1n) is 9.55. The van der Waals surface area contributed by atoms with Crippen LogP contribution in [0.3, 0.4) is 0 Å². The third-order valence-electron chi connectivity index (χ3n) is 5.74. The summed E-state index contributed by atoms with van der Waals surface area (Å²) in [6.07, 6.45) is 5.05. The number of anilines is 1. The third kappa shape index (κ3) is 2.80. The lowest BCUT2D eigenvalue weighted by Gasteiger charge is -2.12. The quantitative estimate of drug-likeness (QED) is 0.498. The van der Waals surface area contributed by atoms with Crippen molar-refractivity contribution in [3.05, 3.63) is 76.3 Å². The molecule has 2 heterocycles. The molecule has 30 heavy (non-hydrogen) atoms. The highest BCUT2D eigenvalue weighted by Crippen LogP contribution is 2.40. The number of halogens is 1. The van der Waals surface area contributed by atoms with E-state index in [1.807, 2.05) is 18.3 Å².